The van der Waals surface area contributed by atoms with Gasteiger partial charge in [0.25, 0.3) is 0 Å². The Bertz CT molecular complexity index is 512. The summed E-state index contributed by atoms with van der Waals surface area (Å²) in [6.07, 6.45) is 0. The van der Waals surface area contributed by atoms with Crippen LogP contribution in [0.4, 0.5) is 16.1 Å². The summed E-state index contributed by atoms with van der Waals surface area (Å²) in [5.74, 6) is 0.164. The number of aromatic nitrogens is 2. The first-order valence-corrected chi connectivity index (χ1v) is 5.19. The summed E-state index contributed by atoms with van der Waals surface area (Å²) in [6, 6.07) is 4.73. The van der Waals surface area contributed by atoms with Crippen LogP contribution in [-0.2, 0) is 6.54 Å². The Balaban J connectivity index is 2.16. The van der Waals surface area contributed by atoms with Gasteiger partial charge in [-0.1, -0.05) is 11.2 Å². The van der Waals surface area contributed by atoms with Crippen molar-refractivity contribution in [3.63, 3.8) is 0 Å². The van der Waals surface area contributed by atoms with Crippen LogP contribution in [0.2, 0.25) is 0 Å². The van der Waals surface area contributed by atoms with Crippen LogP contribution in [0.25, 0.3) is 0 Å². The Morgan fingerprint density at radius 2 is 2.18 bits per heavy atom. The summed E-state index contributed by atoms with van der Waals surface area (Å²) < 4.78 is 18.4. The summed E-state index contributed by atoms with van der Waals surface area (Å²) in [4.78, 5) is 0. The number of aryl methyl sites for hydroxylation is 1. The lowest BCUT2D eigenvalue weighted by molar-refractivity contribution is 0.493. The first-order chi connectivity index (χ1) is 8.19. The second kappa shape index (κ2) is 4.92. The number of nitrogens with one attached hydrogen (secondary N) is 2. The summed E-state index contributed by atoms with van der Waals surface area (Å²) in [6.45, 7) is 2.36. The van der Waals surface area contributed by atoms with Crippen molar-refractivity contribution in [3.05, 3.63) is 35.5 Å². The Morgan fingerprint density at radius 3 is 2.94 bits per heavy atom. The maximum Gasteiger partial charge on any atom is 0.320 e. The van der Waals surface area contributed by atoms with Crippen molar-refractivity contribution in [2.75, 3.05) is 12.4 Å². The first-order valence-electron chi connectivity index (χ1n) is 5.19. The molecule has 1 heterocycles. The summed E-state index contributed by atoms with van der Waals surface area (Å²) >= 11 is 0. The Morgan fingerprint density at radius 1 is 1.35 bits per heavy atom. The molecule has 5 nitrogen and oxygen atoms in total. The van der Waals surface area contributed by atoms with E-state index in [1.54, 1.807) is 13.1 Å². The van der Waals surface area contributed by atoms with Gasteiger partial charge in [0.05, 0.1) is 6.54 Å². The molecule has 0 spiro atoms. The van der Waals surface area contributed by atoms with Gasteiger partial charge in [0.1, 0.15) is 5.82 Å². The third-order valence-corrected chi connectivity index (χ3v) is 2.24. The van der Waals surface area contributed by atoms with Crippen LogP contribution in [0.3, 0.4) is 0 Å². The molecule has 2 aromatic rings. The molecule has 0 aliphatic rings. The average Bonchev–Trinajstić information content (AvgIpc) is 2.72. The SMILES string of the molecule is CNCc1nnc(Nc2cc(F)ccc2C)o1. The monoisotopic (exact) mass is 236 g/mol. The van der Waals surface area contributed by atoms with E-state index in [-0.39, 0.29) is 11.8 Å². The number of nitrogens with zero attached hydrogens (tertiary/aromatic N) is 2. The van der Waals surface area contributed by atoms with E-state index < -0.39 is 0 Å². The molecule has 0 unspecified atom stereocenters. The highest BCUT2D eigenvalue weighted by molar-refractivity contribution is 5.56. The highest BCUT2D eigenvalue weighted by Gasteiger charge is 2.07. The van der Waals surface area contributed by atoms with Crippen molar-refractivity contribution >= 4 is 11.7 Å². The van der Waals surface area contributed by atoms with Crippen LogP contribution in [0, 0.1) is 12.7 Å². The molecule has 6 heteroatoms. The lowest BCUT2D eigenvalue weighted by Crippen LogP contribution is -2.04. The molecule has 0 amide bonds. The van der Waals surface area contributed by atoms with Gasteiger partial charge in [-0.25, -0.2) is 4.39 Å². The Hall–Kier alpha value is -1.95. The van der Waals surface area contributed by atoms with Crippen molar-refractivity contribution in [1.82, 2.24) is 15.5 Å². The van der Waals surface area contributed by atoms with Crippen LogP contribution >= 0.6 is 0 Å². The van der Waals surface area contributed by atoms with Crippen LogP contribution in [-0.4, -0.2) is 17.2 Å². The van der Waals surface area contributed by atoms with E-state index in [1.807, 2.05) is 6.92 Å². The molecule has 0 fully saturated rings. The molecule has 90 valence electrons. The number of benzene rings is 1. The smallest absolute Gasteiger partial charge is 0.320 e. The maximum atomic E-state index is 13.1. The lowest BCUT2D eigenvalue weighted by Gasteiger charge is -2.04. The number of rotatable bonds is 4. The zero-order valence-electron chi connectivity index (χ0n) is 9.62. The van der Waals surface area contributed by atoms with Crippen LogP contribution in [0.5, 0.6) is 0 Å². The molecule has 0 saturated carbocycles. The third-order valence-electron chi connectivity index (χ3n) is 2.24. The minimum atomic E-state index is -0.312. The zero-order chi connectivity index (χ0) is 12.3. The fourth-order valence-corrected chi connectivity index (χ4v) is 1.37. The highest BCUT2D eigenvalue weighted by atomic mass is 19.1. The van der Waals surface area contributed by atoms with Crippen molar-refractivity contribution < 1.29 is 8.81 Å². The lowest BCUT2D eigenvalue weighted by atomic mass is 10.2. The minimum absolute atomic E-state index is 0.254. The zero-order valence-corrected chi connectivity index (χ0v) is 9.62. The van der Waals surface area contributed by atoms with Crippen LogP contribution in [0.15, 0.2) is 22.6 Å². The molecule has 1 aromatic heterocycles. The molecule has 17 heavy (non-hydrogen) atoms. The fourth-order valence-electron chi connectivity index (χ4n) is 1.37. The van der Waals surface area contributed by atoms with Gasteiger partial charge in [0.15, 0.2) is 0 Å². The second-order valence-electron chi connectivity index (χ2n) is 3.62. The second-order valence-corrected chi connectivity index (χ2v) is 3.62. The summed E-state index contributed by atoms with van der Waals surface area (Å²) in [5, 5.41) is 13.4. The van der Waals surface area contributed by atoms with E-state index in [9.17, 15) is 4.39 Å². The van der Waals surface area contributed by atoms with Crippen LogP contribution < -0.4 is 10.6 Å². The Labute approximate surface area is 98.1 Å². The van der Waals surface area contributed by atoms with Gasteiger partial charge in [-0.05, 0) is 31.7 Å². The van der Waals surface area contributed by atoms with Gasteiger partial charge in [-0.3, -0.25) is 0 Å². The van der Waals surface area contributed by atoms with Gasteiger partial charge in [0, 0.05) is 5.69 Å². The topological polar surface area (TPSA) is 63.0 Å². The van der Waals surface area contributed by atoms with Crippen LogP contribution in [0.1, 0.15) is 11.5 Å². The van der Waals surface area contributed by atoms with E-state index in [1.165, 1.54) is 12.1 Å². The molecule has 0 atom stereocenters. The fraction of sp³-hybridized carbons (Fsp3) is 0.273. The molecule has 2 N–H and O–H groups in total. The number of halogens is 1. The molecule has 2 rings (SSSR count). The van der Waals surface area contributed by atoms with E-state index in [2.05, 4.69) is 20.8 Å². The third kappa shape index (κ3) is 2.79. The number of hydrogen-bond acceptors (Lipinski definition) is 5. The quantitative estimate of drug-likeness (QED) is 0.849. The van der Waals surface area contributed by atoms with Crippen molar-refractivity contribution in [3.8, 4) is 0 Å². The van der Waals surface area contributed by atoms with E-state index in [0.29, 0.717) is 18.1 Å². The van der Waals surface area contributed by atoms with E-state index in [0.717, 1.165) is 5.56 Å². The van der Waals surface area contributed by atoms with E-state index in [4.69, 9.17) is 4.42 Å². The molecule has 0 saturated heterocycles. The first kappa shape index (κ1) is 11.5. The highest BCUT2D eigenvalue weighted by Crippen LogP contribution is 2.20. The van der Waals surface area contributed by atoms with E-state index >= 15 is 0 Å². The summed E-state index contributed by atoms with van der Waals surface area (Å²) in [7, 11) is 1.79. The number of hydrogen-bond donors (Lipinski definition) is 2. The van der Waals surface area contributed by atoms with Gasteiger partial charge in [0.2, 0.25) is 5.89 Å². The largest absolute Gasteiger partial charge is 0.406 e. The number of anilines is 2. The molecular weight excluding hydrogens is 223 g/mol. The predicted molar refractivity (Wildman–Crippen MR) is 61.5 cm³/mol. The normalized spacial score (nSPS) is 10.5. The maximum absolute atomic E-state index is 13.1. The molecule has 0 radical (unpaired) electrons. The standard InChI is InChI=1S/C11H13FN4O/c1-7-3-4-8(12)5-9(7)14-11-16-15-10(17-11)6-13-2/h3-5,13H,6H2,1-2H3,(H,14,16). The van der Waals surface area contributed by atoms with Gasteiger partial charge < -0.3 is 15.1 Å². The summed E-state index contributed by atoms with van der Waals surface area (Å²) in [5.41, 5.74) is 1.52. The predicted octanol–water partition coefficient (Wildman–Crippen LogP) is 1.98. The molecule has 0 bridgehead atoms. The van der Waals surface area contributed by atoms with Gasteiger partial charge in [-0.2, -0.15) is 0 Å². The molecule has 0 aliphatic heterocycles. The molecule has 1 aromatic carbocycles. The van der Waals surface area contributed by atoms with Crippen molar-refractivity contribution in [2.45, 2.75) is 13.5 Å². The average molecular weight is 236 g/mol. The van der Waals surface area contributed by atoms with Gasteiger partial charge >= 0.3 is 6.01 Å². The Kier molecular flexibility index (Phi) is 3.34. The van der Waals surface area contributed by atoms with Crippen molar-refractivity contribution in [1.29, 1.82) is 0 Å². The molecular formula is C11H13FN4O. The molecule has 0 aliphatic carbocycles. The van der Waals surface area contributed by atoms with Gasteiger partial charge in [-0.15, -0.1) is 5.10 Å². The minimum Gasteiger partial charge on any atom is -0.406 e. The van der Waals surface area contributed by atoms with Crippen molar-refractivity contribution in [2.24, 2.45) is 0 Å².